The average Bonchev–Trinajstić information content (AvgIpc) is 2.96. The van der Waals surface area contributed by atoms with Gasteiger partial charge in [0.05, 0.1) is 6.10 Å². The number of carbonyl (C=O) groups is 1. The molecule has 3 rings (SSSR count). The van der Waals surface area contributed by atoms with Gasteiger partial charge in [0.25, 0.3) is 0 Å². The lowest BCUT2D eigenvalue weighted by molar-refractivity contribution is -0.127. The summed E-state index contributed by atoms with van der Waals surface area (Å²) < 4.78 is 0. The summed E-state index contributed by atoms with van der Waals surface area (Å²) in [6, 6.07) is 0. The fourth-order valence-corrected chi connectivity index (χ4v) is 3.64. The molecule has 0 radical (unpaired) electrons. The summed E-state index contributed by atoms with van der Waals surface area (Å²) in [7, 11) is 0. The number of nitrogens with one attached hydrogen (secondary N) is 1. The number of amides is 1. The molecule has 2 aliphatic rings. The van der Waals surface area contributed by atoms with Crippen molar-refractivity contribution < 1.29 is 9.90 Å². The van der Waals surface area contributed by atoms with Crippen LogP contribution in [0, 0.1) is 12.8 Å². The summed E-state index contributed by atoms with van der Waals surface area (Å²) in [5, 5.41) is 12.6. The highest BCUT2D eigenvalue weighted by Crippen LogP contribution is 2.24. The molecule has 5 heteroatoms. The Hall–Kier alpha value is -1.49. The van der Waals surface area contributed by atoms with E-state index in [0.717, 1.165) is 43.6 Å². The van der Waals surface area contributed by atoms with Crippen LogP contribution < -0.4 is 5.32 Å². The van der Waals surface area contributed by atoms with Gasteiger partial charge in [-0.2, -0.15) is 0 Å². The number of hydrogen-bond acceptors (Lipinski definition) is 4. The van der Waals surface area contributed by atoms with Crippen molar-refractivity contribution in [3.63, 3.8) is 0 Å². The molecule has 0 aromatic carbocycles. The zero-order chi connectivity index (χ0) is 15.5. The zero-order valence-corrected chi connectivity index (χ0v) is 13.3. The van der Waals surface area contributed by atoms with E-state index in [1.165, 1.54) is 17.7 Å². The number of aromatic nitrogens is 2. The summed E-state index contributed by atoms with van der Waals surface area (Å²) in [5.41, 5.74) is 3.62. The Labute approximate surface area is 131 Å². The van der Waals surface area contributed by atoms with Gasteiger partial charge in [-0.3, -0.25) is 4.79 Å². The number of aliphatic hydroxyl groups excluding tert-OH is 1. The van der Waals surface area contributed by atoms with Gasteiger partial charge >= 0.3 is 0 Å². The quantitative estimate of drug-likeness (QED) is 0.883. The number of aryl methyl sites for hydroxylation is 2. The summed E-state index contributed by atoms with van der Waals surface area (Å²) >= 11 is 0. The van der Waals surface area contributed by atoms with E-state index in [2.05, 4.69) is 22.2 Å². The highest BCUT2D eigenvalue weighted by molar-refractivity contribution is 5.78. The molecule has 1 fully saturated rings. The third kappa shape index (κ3) is 3.46. The van der Waals surface area contributed by atoms with Crippen molar-refractivity contribution in [3.8, 4) is 0 Å². The van der Waals surface area contributed by atoms with E-state index in [-0.39, 0.29) is 17.9 Å². The van der Waals surface area contributed by atoms with Gasteiger partial charge in [0, 0.05) is 30.3 Å². The van der Waals surface area contributed by atoms with Crippen LogP contribution in [0.4, 0.5) is 0 Å². The molecule has 1 saturated carbocycles. The van der Waals surface area contributed by atoms with Gasteiger partial charge in [0.15, 0.2) is 0 Å². The molecule has 1 aromatic rings. The predicted molar refractivity (Wildman–Crippen MR) is 83.5 cm³/mol. The van der Waals surface area contributed by atoms with Gasteiger partial charge in [-0.25, -0.2) is 9.97 Å². The second-order valence-electron chi connectivity index (χ2n) is 6.56. The van der Waals surface area contributed by atoms with Crippen molar-refractivity contribution in [2.75, 3.05) is 6.54 Å². The Morgan fingerprint density at radius 1 is 1.27 bits per heavy atom. The normalized spacial score (nSPS) is 24.1. The second-order valence-corrected chi connectivity index (χ2v) is 6.56. The Kier molecular flexibility index (Phi) is 4.71. The summed E-state index contributed by atoms with van der Waals surface area (Å²) in [4.78, 5) is 21.3. The van der Waals surface area contributed by atoms with Crippen LogP contribution in [0.25, 0.3) is 0 Å². The van der Waals surface area contributed by atoms with E-state index in [1.807, 2.05) is 0 Å². The smallest absolute Gasteiger partial charge is 0.223 e. The number of hydrogen-bond donors (Lipinski definition) is 2. The standard InChI is InChI=1S/C17H25N3O2/c1-11-14-6-3-7-15(14)20-16(19-11)8-9-18-17(22)12-4-2-5-13(21)10-12/h12-13,21H,2-10H2,1H3,(H,18,22)/t12-,13+/m0/s1. The molecule has 1 heterocycles. The topological polar surface area (TPSA) is 75.1 Å². The number of carbonyl (C=O) groups excluding carboxylic acids is 1. The molecule has 22 heavy (non-hydrogen) atoms. The molecule has 1 amide bonds. The monoisotopic (exact) mass is 303 g/mol. The Balaban J connectivity index is 1.51. The average molecular weight is 303 g/mol. The maximum absolute atomic E-state index is 12.1. The van der Waals surface area contributed by atoms with Crippen molar-refractivity contribution in [1.82, 2.24) is 15.3 Å². The minimum absolute atomic E-state index is 0.0357. The van der Waals surface area contributed by atoms with Crippen LogP contribution >= 0.6 is 0 Å². The van der Waals surface area contributed by atoms with Gasteiger partial charge in [-0.1, -0.05) is 6.42 Å². The summed E-state index contributed by atoms with van der Waals surface area (Å²) in [5.74, 6) is 0.866. The molecule has 0 aliphatic heterocycles. The van der Waals surface area contributed by atoms with E-state index in [4.69, 9.17) is 0 Å². The van der Waals surface area contributed by atoms with Crippen LogP contribution in [0.15, 0.2) is 0 Å². The maximum atomic E-state index is 12.1. The van der Waals surface area contributed by atoms with E-state index in [0.29, 0.717) is 19.4 Å². The van der Waals surface area contributed by atoms with Crippen LogP contribution in [0.3, 0.4) is 0 Å². The van der Waals surface area contributed by atoms with Crippen LogP contribution in [-0.2, 0) is 24.1 Å². The van der Waals surface area contributed by atoms with Crippen molar-refractivity contribution in [1.29, 1.82) is 0 Å². The first-order valence-corrected chi connectivity index (χ1v) is 8.44. The fourth-order valence-electron chi connectivity index (χ4n) is 3.64. The minimum atomic E-state index is -0.313. The van der Waals surface area contributed by atoms with E-state index in [1.54, 1.807) is 0 Å². The first-order chi connectivity index (χ1) is 10.6. The minimum Gasteiger partial charge on any atom is -0.393 e. The van der Waals surface area contributed by atoms with Gasteiger partial charge in [-0.05, 0) is 51.0 Å². The Bertz CT molecular complexity index is 559. The molecular weight excluding hydrogens is 278 g/mol. The summed E-state index contributed by atoms with van der Waals surface area (Å²) in [6.45, 7) is 2.63. The van der Waals surface area contributed by atoms with Crippen molar-refractivity contribution in [2.45, 2.75) is 64.4 Å². The van der Waals surface area contributed by atoms with E-state index in [9.17, 15) is 9.90 Å². The third-order valence-electron chi connectivity index (χ3n) is 4.85. The maximum Gasteiger partial charge on any atom is 0.223 e. The van der Waals surface area contributed by atoms with Gasteiger partial charge in [0.1, 0.15) is 5.82 Å². The SMILES string of the molecule is Cc1nc(CCNC(=O)[C@H]2CCC[C@@H](O)C2)nc2c1CCC2. The first kappa shape index (κ1) is 15.4. The zero-order valence-electron chi connectivity index (χ0n) is 13.3. The van der Waals surface area contributed by atoms with Crippen molar-refractivity contribution in [2.24, 2.45) is 5.92 Å². The van der Waals surface area contributed by atoms with Crippen LogP contribution in [-0.4, -0.2) is 33.6 Å². The Morgan fingerprint density at radius 3 is 2.95 bits per heavy atom. The Morgan fingerprint density at radius 2 is 2.14 bits per heavy atom. The van der Waals surface area contributed by atoms with Crippen LogP contribution in [0.1, 0.15) is 54.9 Å². The molecule has 5 nitrogen and oxygen atoms in total. The number of fused-ring (bicyclic) bond motifs is 1. The number of nitrogens with zero attached hydrogens (tertiary/aromatic N) is 2. The largest absolute Gasteiger partial charge is 0.393 e. The molecule has 120 valence electrons. The lowest BCUT2D eigenvalue weighted by Crippen LogP contribution is -2.36. The fraction of sp³-hybridized carbons (Fsp3) is 0.706. The lowest BCUT2D eigenvalue weighted by atomic mass is 9.87. The molecule has 0 spiro atoms. The van der Waals surface area contributed by atoms with Crippen molar-refractivity contribution >= 4 is 5.91 Å². The lowest BCUT2D eigenvalue weighted by Gasteiger charge is -2.24. The van der Waals surface area contributed by atoms with Crippen LogP contribution in [0.5, 0.6) is 0 Å². The molecule has 0 saturated heterocycles. The predicted octanol–water partition coefficient (Wildman–Crippen LogP) is 1.48. The molecular formula is C17H25N3O2. The first-order valence-electron chi connectivity index (χ1n) is 8.44. The second kappa shape index (κ2) is 6.73. The molecule has 1 aromatic heterocycles. The van der Waals surface area contributed by atoms with Crippen LogP contribution in [0.2, 0.25) is 0 Å². The van der Waals surface area contributed by atoms with Gasteiger partial charge < -0.3 is 10.4 Å². The van der Waals surface area contributed by atoms with Crippen molar-refractivity contribution in [3.05, 3.63) is 22.8 Å². The highest BCUT2D eigenvalue weighted by Gasteiger charge is 2.25. The number of rotatable bonds is 4. The van der Waals surface area contributed by atoms with E-state index >= 15 is 0 Å². The highest BCUT2D eigenvalue weighted by atomic mass is 16.3. The molecule has 2 N–H and O–H groups in total. The molecule has 0 unspecified atom stereocenters. The van der Waals surface area contributed by atoms with Gasteiger partial charge in [-0.15, -0.1) is 0 Å². The molecule has 2 aliphatic carbocycles. The third-order valence-corrected chi connectivity index (χ3v) is 4.85. The van der Waals surface area contributed by atoms with E-state index < -0.39 is 0 Å². The molecule has 0 bridgehead atoms. The van der Waals surface area contributed by atoms with Gasteiger partial charge in [0.2, 0.25) is 5.91 Å². The summed E-state index contributed by atoms with van der Waals surface area (Å²) in [6.07, 6.45) is 6.94. The number of aliphatic hydroxyl groups is 1. The molecule has 2 atom stereocenters.